The summed E-state index contributed by atoms with van der Waals surface area (Å²) in [5.74, 6) is 1.21. The van der Waals surface area contributed by atoms with Gasteiger partial charge in [0.05, 0.1) is 0 Å². The lowest BCUT2D eigenvalue weighted by molar-refractivity contribution is 0.104. The summed E-state index contributed by atoms with van der Waals surface area (Å²) < 4.78 is 1.17. The van der Waals surface area contributed by atoms with E-state index in [1.54, 1.807) is 6.08 Å². The topological polar surface area (TPSA) is 17.1 Å². The zero-order valence-electron chi connectivity index (χ0n) is 15.4. The van der Waals surface area contributed by atoms with E-state index < -0.39 is 0 Å². The highest BCUT2D eigenvalue weighted by atomic mass is 127. The Morgan fingerprint density at radius 3 is 2.46 bits per heavy atom. The molecule has 0 amide bonds. The van der Waals surface area contributed by atoms with Crippen molar-refractivity contribution < 1.29 is 4.79 Å². The summed E-state index contributed by atoms with van der Waals surface area (Å²) in [7, 11) is 0. The fraction of sp³-hybridized carbons (Fsp3) is 0.348. The number of ketones is 1. The van der Waals surface area contributed by atoms with Crippen molar-refractivity contribution in [3.8, 4) is 0 Å². The highest BCUT2D eigenvalue weighted by molar-refractivity contribution is 14.1. The van der Waals surface area contributed by atoms with Gasteiger partial charge < -0.3 is 0 Å². The lowest BCUT2D eigenvalue weighted by Crippen LogP contribution is -1.93. The third-order valence-electron chi connectivity index (χ3n) is 4.18. The largest absolute Gasteiger partial charge is 0.289 e. The Hall–Kier alpha value is -1.07. The molecule has 0 radical (unpaired) electrons. The number of halogens is 1. The minimum atomic E-state index is 0.0522. The summed E-state index contributed by atoms with van der Waals surface area (Å²) in [4.78, 5) is 13.6. The van der Waals surface area contributed by atoms with Crippen molar-refractivity contribution in [1.82, 2.24) is 0 Å². The van der Waals surface area contributed by atoms with Gasteiger partial charge in [0.25, 0.3) is 0 Å². The number of thioether (sulfide) groups is 1. The van der Waals surface area contributed by atoms with Crippen LogP contribution < -0.4 is 0 Å². The van der Waals surface area contributed by atoms with Crippen LogP contribution in [0.2, 0.25) is 0 Å². The predicted octanol–water partition coefficient (Wildman–Crippen LogP) is 7.64. The van der Waals surface area contributed by atoms with Crippen LogP contribution in [0.4, 0.5) is 0 Å². The van der Waals surface area contributed by atoms with Crippen molar-refractivity contribution in [2.75, 3.05) is 5.75 Å². The highest BCUT2D eigenvalue weighted by Crippen LogP contribution is 2.21. The summed E-state index contributed by atoms with van der Waals surface area (Å²) in [5.41, 5.74) is 1.80. The summed E-state index contributed by atoms with van der Waals surface area (Å²) in [5, 5.41) is 0. The molecule has 0 aliphatic carbocycles. The number of unbranched alkanes of at least 4 members (excludes halogenated alkanes) is 5. The third-order valence-corrected chi connectivity index (χ3v) is 5.95. The van der Waals surface area contributed by atoms with Gasteiger partial charge in [0.2, 0.25) is 0 Å². The Kier molecular flexibility index (Phi) is 10.1. The summed E-state index contributed by atoms with van der Waals surface area (Å²) >= 11 is 4.16. The molecular weight excluding hydrogens is 451 g/mol. The number of carbonyl (C=O) groups excluding carboxylic acids is 1. The van der Waals surface area contributed by atoms with E-state index in [2.05, 4.69) is 47.7 Å². The quantitative estimate of drug-likeness (QED) is 0.109. The van der Waals surface area contributed by atoms with Crippen LogP contribution >= 0.6 is 34.4 Å². The van der Waals surface area contributed by atoms with Gasteiger partial charge in [0.1, 0.15) is 0 Å². The van der Waals surface area contributed by atoms with Crippen LogP contribution in [0.15, 0.2) is 59.5 Å². The summed E-state index contributed by atoms with van der Waals surface area (Å²) in [6.45, 7) is 2.25. The van der Waals surface area contributed by atoms with Gasteiger partial charge in [-0.3, -0.25) is 4.79 Å². The normalized spacial score (nSPS) is 11.2. The van der Waals surface area contributed by atoms with E-state index in [1.165, 1.54) is 47.0 Å². The van der Waals surface area contributed by atoms with E-state index in [1.807, 2.05) is 48.2 Å². The molecule has 0 atom stereocenters. The number of allylic oxidation sites excluding steroid dienone is 1. The smallest absolute Gasteiger partial charge is 0.185 e. The molecule has 1 nitrogen and oxygen atoms in total. The van der Waals surface area contributed by atoms with Crippen LogP contribution in [0.25, 0.3) is 6.08 Å². The molecule has 3 heteroatoms. The molecule has 26 heavy (non-hydrogen) atoms. The monoisotopic (exact) mass is 478 g/mol. The number of hydrogen-bond acceptors (Lipinski definition) is 2. The second kappa shape index (κ2) is 12.3. The van der Waals surface area contributed by atoms with E-state index >= 15 is 0 Å². The predicted molar refractivity (Wildman–Crippen MR) is 123 cm³/mol. The van der Waals surface area contributed by atoms with E-state index in [0.29, 0.717) is 0 Å². The minimum Gasteiger partial charge on any atom is -0.289 e. The van der Waals surface area contributed by atoms with Crippen molar-refractivity contribution in [2.24, 2.45) is 0 Å². The van der Waals surface area contributed by atoms with Gasteiger partial charge in [-0.15, -0.1) is 11.8 Å². The number of rotatable bonds is 11. The molecule has 0 unspecified atom stereocenters. The van der Waals surface area contributed by atoms with Crippen molar-refractivity contribution in [3.63, 3.8) is 0 Å². The number of hydrogen-bond donors (Lipinski definition) is 0. The number of carbonyl (C=O) groups is 1. The first-order valence-electron chi connectivity index (χ1n) is 9.40. The Morgan fingerprint density at radius 2 is 1.73 bits per heavy atom. The molecule has 2 rings (SSSR count). The van der Waals surface area contributed by atoms with E-state index in [4.69, 9.17) is 0 Å². The fourth-order valence-electron chi connectivity index (χ4n) is 2.67. The average molecular weight is 478 g/mol. The molecular formula is C23H27IOS. The van der Waals surface area contributed by atoms with Gasteiger partial charge in [-0.1, -0.05) is 57.2 Å². The zero-order chi connectivity index (χ0) is 18.6. The van der Waals surface area contributed by atoms with E-state index in [-0.39, 0.29) is 5.78 Å². The van der Waals surface area contributed by atoms with Crippen LogP contribution in [-0.2, 0) is 0 Å². The van der Waals surface area contributed by atoms with Crippen LogP contribution in [-0.4, -0.2) is 11.5 Å². The molecule has 2 aromatic carbocycles. The summed E-state index contributed by atoms with van der Waals surface area (Å²) in [6.07, 6.45) is 11.5. The number of benzene rings is 2. The zero-order valence-corrected chi connectivity index (χ0v) is 18.4. The Bertz CT molecular complexity index is 706. The maximum Gasteiger partial charge on any atom is 0.185 e. The van der Waals surface area contributed by atoms with Gasteiger partial charge in [-0.2, -0.15) is 0 Å². The van der Waals surface area contributed by atoms with Gasteiger partial charge in [0, 0.05) is 14.0 Å². The standard InChI is InChI=1S/C23H27IOS/c1-2-3-4-5-6-7-17-26-22-14-12-20(13-15-22)23(25)16-11-19-9-8-10-21(24)18-19/h8-16,18H,2-7,17H2,1H3/b16-11+. The molecule has 0 aliphatic rings. The van der Waals surface area contributed by atoms with Crippen molar-refractivity contribution in [2.45, 2.75) is 50.3 Å². The molecule has 0 aliphatic heterocycles. The van der Waals surface area contributed by atoms with E-state index in [9.17, 15) is 4.79 Å². The van der Waals surface area contributed by atoms with Gasteiger partial charge in [-0.05, 0) is 82.8 Å². The Labute approximate surface area is 175 Å². The lowest BCUT2D eigenvalue weighted by Gasteiger charge is -2.03. The second-order valence-corrected chi connectivity index (χ2v) is 8.81. The SMILES string of the molecule is CCCCCCCCSc1ccc(C(=O)/C=C/c2cccc(I)c2)cc1. The molecule has 138 valence electrons. The molecule has 0 aromatic heterocycles. The van der Waals surface area contributed by atoms with Crippen molar-refractivity contribution in [3.05, 3.63) is 69.3 Å². The molecule has 0 spiro atoms. The maximum atomic E-state index is 12.3. The first kappa shape index (κ1) is 21.2. The van der Waals surface area contributed by atoms with E-state index in [0.717, 1.165) is 16.9 Å². The van der Waals surface area contributed by atoms with Crippen LogP contribution in [0.3, 0.4) is 0 Å². The van der Waals surface area contributed by atoms with Crippen molar-refractivity contribution >= 4 is 46.2 Å². The molecule has 0 saturated carbocycles. The van der Waals surface area contributed by atoms with Crippen molar-refractivity contribution in [1.29, 1.82) is 0 Å². The van der Waals surface area contributed by atoms with Crippen LogP contribution in [0.1, 0.15) is 61.4 Å². The Balaban J connectivity index is 1.76. The van der Waals surface area contributed by atoms with Crippen LogP contribution in [0.5, 0.6) is 0 Å². The van der Waals surface area contributed by atoms with Gasteiger partial charge >= 0.3 is 0 Å². The maximum absolute atomic E-state index is 12.3. The molecule has 0 saturated heterocycles. The second-order valence-electron chi connectivity index (χ2n) is 6.39. The molecule has 0 N–H and O–H groups in total. The molecule has 2 aromatic rings. The summed E-state index contributed by atoms with van der Waals surface area (Å²) in [6, 6.07) is 16.1. The Morgan fingerprint density at radius 1 is 1.00 bits per heavy atom. The first-order chi connectivity index (χ1) is 12.7. The highest BCUT2D eigenvalue weighted by Gasteiger charge is 2.02. The molecule has 0 bridgehead atoms. The molecule has 0 fully saturated rings. The first-order valence-corrected chi connectivity index (χ1v) is 11.5. The van der Waals surface area contributed by atoms with Gasteiger partial charge in [0.15, 0.2) is 5.78 Å². The average Bonchev–Trinajstić information content (AvgIpc) is 2.66. The third kappa shape index (κ3) is 8.09. The fourth-order valence-corrected chi connectivity index (χ4v) is 4.15. The van der Waals surface area contributed by atoms with Crippen LogP contribution in [0, 0.1) is 3.57 Å². The lowest BCUT2D eigenvalue weighted by atomic mass is 10.1. The minimum absolute atomic E-state index is 0.0522. The van der Waals surface area contributed by atoms with Gasteiger partial charge in [-0.25, -0.2) is 0 Å². The molecule has 0 heterocycles.